The summed E-state index contributed by atoms with van der Waals surface area (Å²) < 4.78 is 8.94. The Morgan fingerprint density at radius 1 is 1.53 bits per heavy atom. The summed E-state index contributed by atoms with van der Waals surface area (Å²) >= 11 is 1.27. The van der Waals surface area contributed by atoms with Crippen molar-refractivity contribution in [2.24, 2.45) is 5.73 Å². The maximum absolute atomic E-state index is 6.00. The Labute approximate surface area is 91.1 Å². The minimum absolute atomic E-state index is 0.389. The van der Waals surface area contributed by atoms with Gasteiger partial charge in [0.2, 0.25) is 0 Å². The highest BCUT2D eigenvalue weighted by Gasteiger charge is 2.17. The molecule has 0 aromatic carbocycles. The van der Waals surface area contributed by atoms with Crippen LogP contribution in [0.1, 0.15) is 17.4 Å². The number of methoxy groups -OCH3 is 1. The Bertz CT molecular complexity index is 431. The van der Waals surface area contributed by atoms with Crippen molar-refractivity contribution in [1.82, 2.24) is 14.6 Å². The summed E-state index contributed by atoms with van der Waals surface area (Å²) in [6, 6.07) is 3.23. The minimum atomic E-state index is -0.389. The molecule has 0 aliphatic heterocycles. The molecular formula is C9H10N4OS. The van der Waals surface area contributed by atoms with Gasteiger partial charge in [-0.1, -0.05) is 4.49 Å². The topological polar surface area (TPSA) is 73.9 Å². The largest absolute Gasteiger partial charge is 0.495 e. The van der Waals surface area contributed by atoms with Gasteiger partial charge in [0.05, 0.1) is 18.8 Å². The van der Waals surface area contributed by atoms with E-state index in [0.717, 1.165) is 0 Å². The Balaban J connectivity index is 2.37. The fraction of sp³-hybridized carbons (Fsp3) is 0.222. The molecule has 0 amide bonds. The van der Waals surface area contributed by atoms with Crippen LogP contribution in [0.5, 0.6) is 5.75 Å². The molecule has 78 valence electrons. The van der Waals surface area contributed by atoms with E-state index in [1.54, 1.807) is 24.8 Å². The molecule has 0 radical (unpaired) electrons. The van der Waals surface area contributed by atoms with E-state index < -0.39 is 0 Å². The maximum Gasteiger partial charge on any atom is 0.142 e. The van der Waals surface area contributed by atoms with Crippen LogP contribution in [-0.2, 0) is 0 Å². The molecule has 2 aromatic heterocycles. The van der Waals surface area contributed by atoms with E-state index in [4.69, 9.17) is 10.5 Å². The van der Waals surface area contributed by atoms with Gasteiger partial charge in [-0.3, -0.25) is 4.98 Å². The van der Waals surface area contributed by atoms with Crippen molar-refractivity contribution in [1.29, 1.82) is 0 Å². The van der Waals surface area contributed by atoms with Crippen LogP contribution < -0.4 is 10.5 Å². The van der Waals surface area contributed by atoms with E-state index in [0.29, 0.717) is 17.1 Å². The van der Waals surface area contributed by atoms with Gasteiger partial charge in [0, 0.05) is 11.6 Å². The summed E-state index contributed by atoms with van der Waals surface area (Å²) in [6.07, 6.45) is 1.68. The average Bonchev–Trinajstić information content (AvgIpc) is 2.81. The number of ether oxygens (including phenoxy) is 1. The van der Waals surface area contributed by atoms with Crippen LogP contribution in [0.4, 0.5) is 0 Å². The zero-order valence-corrected chi connectivity index (χ0v) is 8.94. The summed E-state index contributed by atoms with van der Waals surface area (Å²) in [7, 11) is 1.59. The second-order valence-electron chi connectivity index (χ2n) is 2.90. The molecular weight excluding hydrogens is 212 g/mol. The molecule has 6 heteroatoms. The summed E-state index contributed by atoms with van der Waals surface area (Å²) in [5.41, 5.74) is 7.38. The third-order valence-electron chi connectivity index (χ3n) is 2.01. The molecule has 2 heterocycles. The number of nitrogens with zero attached hydrogens (tertiary/aromatic N) is 3. The minimum Gasteiger partial charge on any atom is -0.495 e. The average molecular weight is 222 g/mol. The molecule has 15 heavy (non-hydrogen) atoms. The SMILES string of the molecule is COc1cccnc1C(N)c1csnn1. The van der Waals surface area contributed by atoms with E-state index in [9.17, 15) is 0 Å². The molecule has 2 aromatic rings. The summed E-state index contributed by atoms with van der Waals surface area (Å²) in [6.45, 7) is 0. The third-order valence-corrected chi connectivity index (χ3v) is 2.53. The molecule has 0 bridgehead atoms. The number of aromatic nitrogens is 3. The third kappa shape index (κ3) is 1.95. The van der Waals surface area contributed by atoms with Crippen LogP contribution in [0.15, 0.2) is 23.7 Å². The second kappa shape index (κ2) is 4.33. The zero-order chi connectivity index (χ0) is 10.7. The summed E-state index contributed by atoms with van der Waals surface area (Å²) in [4.78, 5) is 4.19. The Morgan fingerprint density at radius 3 is 3.07 bits per heavy atom. The van der Waals surface area contributed by atoms with Gasteiger partial charge in [0.25, 0.3) is 0 Å². The van der Waals surface area contributed by atoms with Crippen molar-refractivity contribution >= 4 is 11.5 Å². The van der Waals surface area contributed by atoms with Gasteiger partial charge in [-0.05, 0) is 23.7 Å². The van der Waals surface area contributed by atoms with Crippen LogP contribution in [0.2, 0.25) is 0 Å². The fourth-order valence-corrected chi connectivity index (χ4v) is 1.75. The number of rotatable bonds is 3. The molecule has 1 atom stereocenters. The molecule has 0 aliphatic carbocycles. The van der Waals surface area contributed by atoms with Crippen LogP contribution in [0, 0.1) is 0 Å². The van der Waals surface area contributed by atoms with Crippen LogP contribution in [0.3, 0.4) is 0 Å². The van der Waals surface area contributed by atoms with E-state index >= 15 is 0 Å². The smallest absolute Gasteiger partial charge is 0.142 e. The summed E-state index contributed by atoms with van der Waals surface area (Å²) in [5.74, 6) is 0.665. The van der Waals surface area contributed by atoms with Gasteiger partial charge in [0.15, 0.2) is 0 Å². The molecule has 0 aliphatic rings. The first-order valence-corrected chi connectivity index (χ1v) is 5.18. The Hall–Kier alpha value is -1.53. The first kappa shape index (κ1) is 10.0. The van der Waals surface area contributed by atoms with Crippen molar-refractivity contribution in [3.8, 4) is 5.75 Å². The lowest BCUT2D eigenvalue weighted by atomic mass is 10.1. The van der Waals surface area contributed by atoms with Crippen LogP contribution >= 0.6 is 11.5 Å². The van der Waals surface area contributed by atoms with Gasteiger partial charge in [0.1, 0.15) is 11.4 Å². The Kier molecular flexibility index (Phi) is 2.89. The monoisotopic (exact) mass is 222 g/mol. The first-order chi connectivity index (χ1) is 7.33. The number of hydrogen-bond donors (Lipinski definition) is 1. The predicted molar refractivity (Wildman–Crippen MR) is 56.7 cm³/mol. The molecule has 2 rings (SSSR count). The zero-order valence-electron chi connectivity index (χ0n) is 8.12. The molecule has 0 saturated heterocycles. The molecule has 0 spiro atoms. The lowest BCUT2D eigenvalue weighted by Crippen LogP contribution is -2.15. The molecule has 1 unspecified atom stereocenters. The van der Waals surface area contributed by atoms with Crippen molar-refractivity contribution in [2.45, 2.75) is 6.04 Å². The molecule has 0 fully saturated rings. The normalized spacial score (nSPS) is 12.4. The summed E-state index contributed by atoms with van der Waals surface area (Å²) in [5, 5.41) is 5.72. The molecule has 5 nitrogen and oxygen atoms in total. The Morgan fingerprint density at radius 2 is 2.40 bits per heavy atom. The molecule has 0 saturated carbocycles. The first-order valence-electron chi connectivity index (χ1n) is 4.34. The lowest BCUT2D eigenvalue weighted by molar-refractivity contribution is 0.404. The van der Waals surface area contributed by atoms with Gasteiger partial charge in [-0.2, -0.15) is 0 Å². The number of hydrogen-bond acceptors (Lipinski definition) is 6. The van der Waals surface area contributed by atoms with Gasteiger partial charge < -0.3 is 10.5 Å². The van der Waals surface area contributed by atoms with Crippen LogP contribution in [-0.4, -0.2) is 21.7 Å². The standard InChI is InChI=1S/C9H10N4OS/c1-14-7-3-2-4-11-9(7)8(10)6-5-15-13-12-6/h2-5,8H,10H2,1H3. The molecule has 2 N–H and O–H groups in total. The number of pyridine rings is 1. The van der Waals surface area contributed by atoms with Gasteiger partial charge >= 0.3 is 0 Å². The maximum atomic E-state index is 6.00. The fourth-order valence-electron chi connectivity index (χ4n) is 1.26. The second-order valence-corrected chi connectivity index (χ2v) is 3.51. The van der Waals surface area contributed by atoms with Crippen LogP contribution in [0.25, 0.3) is 0 Å². The number of nitrogens with two attached hydrogens (primary N) is 1. The highest BCUT2D eigenvalue weighted by Crippen LogP contribution is 2.24. The lowest BCUT2D eigenvalue weighted by Gasteiger charge is -2.11. The van der Waals surface area contributed by atoms with E-state index in [2.05, 4.69) is 14.6 Å². The van der Waals surface area contributed by atoms with E-state index in [1.807, 2.05) is 6.07 Å². The highest BCUT2D eigenvalue weighted by molar-refractivity contribution is 7.03. The highest BCUT2D eigenvalue weighted by atomic mass is 32.1. The van der Waals surface area contributed by atoms with Crippen molar-refractivity contribution in [3.63, 3.8) is 0 Å². The van der Waals surface area contributed by atoms with Crippen molar-refractivity contribution in [3.05, 3.63) is 35.1 Å². The van der Waals surface area contributed by atoms with Gasteiger partial charge in [-0.25, -0.2) is 0 Å². The van der Waals surface area contributed by atoms with Crippen molar-refractivity contribution in [2.75, 3.05) is 7.11 Å². The van der Waals surface area contributed by atoms with E-state index in [1.165, 1.54) is 11.5 Å². The van der Waals surface area contributed by atoms with Crippen molar-refractivity contribution < 1.29 is 4.74 Å². The quantitative estimate of drug-likeness (QED) is 0.838. The van der Waals surface area contributed by atoms with Gasteiger partial charge in [-0.15, -0.1) is 5.10 Å². The predicted octanol–water partition coefficient (Wildman–Crippen LogP) is 0.990. The van der Waals surface area contributed by atoms with E-state index in [-0.39, 0.29) is 6.04 Å².